The molecule has 2 aliphatic rings. The molecule has 1 heterocycles. The highest BCUT2D eigenvalue weighted by Crippen LogP contribution is 2.47. The van der Waals surface area contributed by atoms with Crippen molar-refractivity contribution in [3.63, 3.8) is 0 Å². The summed E-state index contributed by atoms with van der Waals surface area (Å²) in [5, 5.41) is 3.28. The zero-order valence-electron chi connectivity index (χ0n) is 10.2. The van der Waals surface area contributed by atoms with Gasteiger partial charge in [-0.05, 0) is 49.1 Å². The van der Waals surface area contributed by atoms with Crippen molar-refractivity contribution in [2.24, 2.45) is 17.8 Å². The second-order valence-electron chi connectivity index (χ2n) is 5.49. The van der Waals surface area contributed by atoms with Crippen LogP contribution in [0.15, 0.2) is 18.3 Å². The number of halogens is 1. The molecule has 4 heteroatoms. The third-order valence-electron chi connectivity index (χ3n) is 4.41. The normalized spacial score (nSPS) is 29.5. The summed E-state index contributed by atoms with van der Waals surface area (Å²) >= 11 is 5.91. The molecular formula is C14H17ClN2O. The second kappa shape index (κ2) is 4.88. The van der Waals surface area contributed by atoms with Gasteiger partial charge in [0.15, 0.2) is 0 Å². The van der Waals surface area contributed by atoms with Crippen LogP contribution in [0.25, 0.3) is 0 Å². The van der Waals surface area contributed by atoms with Crippen molar-refractivity contribution in [3.8, 4) is 0 Å². The van der Waals surface area contributed by atoms with E-state index in [2.05, 4.69) is 10.3 Å². The van der Waals surface area contributed by atoms with E-state index in [1.807, 2.05) is 0 Å². The number of nitrogens with one attached hydrogen (secondary N) is 1. The lowest BCUT2D eigenvalue weighted by Crippen LogP contribution is -2.31. The van der Waals surface area contributed by atoms with E-state index in [1.165, 1.54) is 25.7 Å². The van der Waals surface area contributed by atoms with Gasteiger partial charge in [0.25, 0.3) is 5.91 Å². The van der Waals surface area contributed by atoms with Gasteiger partial charge in [0, 0.05) is 12.7 Å². The van der Waals surface area contributed by atoms with Crippen molar-refractivity contribution in [1.29, 1.82) is 0 Å². The molecule has 3 rings (SSSR count). The molecule has 2 bridgehead atoms. The fourth-order valence-corrected chi connectivity index (χ4v) is 3.71. The number of carbonyl (C=O) groups is 1. The van der Waals surface area contributed by atoms with Crippen LogP contribution in [0, 0.1) is 17.8 Å². The fourth-order valence-electron chi connectivity index (χ4n) is 3.50. The van der Waals surface area contributed by atoms with Crippen molar-refractivity contribution >= 4 is 17.5 Å². The summed E-state index contributed by atoms with van der Waals surface area (Å²) in [5.41, 5.74) is 0.474. The Balaban J connectivity index is 1.57. The van der Waals surface area contributed by atoms with Crippen LogP contribution in [-0.4, -0.2) is 17.4 Å². The number of fused-ring (bicyclic) bond motifs is 2. The van der Waals surface area contributed by atoms with E-state index in [1.54, 1.807) is 18.3 Å². The molecule has 1 amide bonds. The van der Waals surface area contributed by atoms with E-state index in [0.717, 1.165) is 18.4 Å². The van der Waals surface area contributed by atoms with E-state index in [4.69, 9.17) is 11.6 Å². The molecule has 2 fully saturated rings. The van der Waals surface area contributed by atoms with Gasteiger partial charge in [-0.1, -0.05) is 18.0 Å². The molecule has 0 aliphatic heterocycles. The molecule has 1 aromatic heterocycles. The summed E-state index contributed by atoms with van der Waals surface area (Å²) in [5.74, 6) is 2.32. The number of pyridine rings is 1. The maximum atomic E-state index is 12.0. The van der Waals surface area contributed by atoms with Crippen LogP contribution in [0.5, 0.6) is 0 Å². The van der Waals surface area contributed by atoms with Crippen molar-refractivity contribution in [3.05, 3.63) is 29.0 Å². The summed E-state index contributed by atoms with van der Waals surface area (Å²) in [6, 6.07) is 3.45. The molecule has 0 saturated heterocycles. The summed E-state index contributed by atoms with van der Waals surface area (Å²) in [7, 11) is 0. The Bertz CT molecular complexity index is 463. The number of rotatable bonds is 3. The fraction of sp³-hybridized carbons (Fsp3) is 0.571. The number of nitrogens with zero attached hydrogens (tertiary/aromatic N) is 1. The molecule has 18 heavy (non-hydrogen) atoms. The zero-order chi connectivity index (χ0) is 12.5. The molecule has 0 aromatic carbocycles. The molecule has 1 aromatic rings. The van der Waals surface area contributed by atoms with Gasteiger partial charge in [0.05, 0.1) is 5.56 Å². The van der Waals surface area contributed by atoms with E-state index in [0.29, 0.717) is 11.5 Å². The predicted molar refractivity (Wildman–Crippen MR) is 70.5 cm³/mol. The SMILES string of the molecule is O=C(NCC1CC2CCC1C2)c1cccnc1Cl. The number of aromatic nitrogens is 1. The second-order valence-corrected chi connectivity index (χ2v) is 5.84. The Morgan fingerprint density at radius 2 is 2.33 bits per heavy atom. The van der Waals surface area contributed by atoms with Gasteiger partial charge in [-0.3, -0.25) is 4.79 Å². The summed E-state index contributed by atoms with van der Waals surface area (Å²) < 4.78 is 0. The van der Waals surface area contributed by atoms with Crippen LogP contribution in [0.4, 0.5) is 0 Å². The Kier molecular flexibility index (Phi) is 3.25. The van der Waals surface area contributed by atoms with Gasteiger partial charge in [-0.2, -0.15) is 0 Å². The van der Waals surface area contributed by atoms with Gasteiger partial charge >= 0.3 is 0 Å². The molecule has 3 nitrogen and oxygen atoms in total. The molecule has 3 atom stereocenters. The first-order chi connectivity index (χ1) is 8.74. The molecule has 3 unspecified atom stereocenters. The van der Waals surface area contributed by atoms with Crippen molar-refractivity contribution in [2.75, 3.05) is 6.54 Å². The lowest BCUT2D eigenvalue weighted by Gasteiger charge is -2.21. The monoisotopic (exact) mass is 264 g/mol. The van der Waals surface area contributed by atoms with Gasteiger partial charge in [0.1, 0.15) is 5.15 Å². The minimum Gasteiger partial charge on any atom is -0.352 e. The van der Waals surface area contributed by atoms with Gasteiger partial charge < -0.3 is 5.32 Å². The smallest absolute Gasteiger partial charge is 0.254 e. The van der Waals surface area contributed by atoms with E-state index in [9.17, 15) is 4.79 Å². The van der Waals surface area contributed by atoms with Gasteiger partial charge in [0.2, 0.25) is 0 Å². The molecule has 1 N–H and O–H groups in total. The van der Waals surface area contributed by atoms with E-state index >= 15 is 0 Å². The van der Waals surface area contributed by atoms with Crippen molar-refractivity contribution < 1.29 is 4.79 Å². The van der Waals surface area contributed by atoms with Crippen LogP contribution in [0.1, 0.15) is 36.0 Å². The molecule has 96 valence electrons. The first-order valence-electron chi connectivity index (χ1n) is 6.62. The van der Waals surface area contributed by atoms with Crippen LogP contribution < -0.4 is 5.32 Å². The number of carbonyl (C=O) groups excluding carboxylic acids is 1. The lowest BCUT2D eigenvalue weighted by atomic mass is 9.89. The molecule has 2 saturated carbocycles. The number of amides is 1. The first kappa shape index (κ1) is 12.0. The average Bonchev–Trinajstić information content (AvgIpc) is 2.98. The van der Waals surface area contributed by atoms with Crippen molar-refractivity contribution in [1.82, 2.24) is 10.3 Å². The first-order valence-corrected chi connectivity index (χ1v) is 7.00. The average molecular weight is 265 g/mol. The van der Waals surface area contributed by atoms with Crippen LogP contribution >= 0.6 is 11.6 Å². The Labute approximate surface area is 112 Å². The standard InChI is InChI=1S/C14H17ClN2O/c15-13-12(2-1-5-16-13)14(18)17-8-11-7-9-3-4-10(11)6-9/h1-2,5,9-11H,3-4,6-8H2,(H,17,18). The summed E-state index contributed by atoms with van der Waals surface area (Å²) in [6.07, 6.45) is 6.98. The summed E-state index contributed by atoms with van der Waals surface area (Å²) in [6.45, 7) is 0.783. The molecule has 2 aliphatic carbocycles. The van der Waals surface area contributed by atoms with Gasteiger partial charge in [-0.25, -0.2) is 4.98 Å². The Hall–Kier alpha value is -1.09. The van der Waals surface area contributed by atoms with E-state index in [-0.39, 0.29) is 11.1 Å². The Morgan fingerprint density at radius 1 is 1.44 bits per heavy atom. The predicted octanol–water partition coefficient (Wildman–Crippen LogP) is 2.90. The quantitative estimate of drug-likeness (QED) is 0.853. The largest absolute Gasteiger partial charge is 0.352 e. The highest BCUT2D eigenvalue weighted by molar-refractivity contribution is 6.32. The van der Waals surface area contributed by atoms with Crippen LogP contribution in [0.3, 0.4) is 0 Å². The van der Waals surface area contributed by atoms with Crippen LogP contribution in [0.2, 0.25) is 5.15 Å². The maximum Gasteiger partial charge on any atom is 0.254 e. The zero-order valence-corrected chi connectivity index (χ0v) is 11.0. The van der Waals surface area contributed by atoms with Crippen molar-refractivity contribution in [2.45, 2.75) is 25.7 Å². The minimum absolute atomic E-state index is 0.101. The lowest BCUT2D eigenvalue weighted by molar-refractivity contribution is 0.0941. The topological polar surface area (TPSA) is 42.0 Å². The van der Waals surface area contributed by atoms with Gasteiger partial charge in [-0.15, -0.1) is 0 Å². The Morgan fingerprint density at radius 3 is 3.00 bits per heavy atom. The third-order valence-corrected chi connectivity index (χ3v) is 4.71. The highest BCUT2D eigenvalue weighted by Gasteiger charge is 2.39. The number of hydrogen-bond acceptors (Lipinski definition) is 2. The maximum absolute atomic E-state index is 12.0. The highest BCUT2D eigenvalue weighted by atomic mass is 35.5. The van der Waals surface area contributed by atoms with E-state index < -0.39 is 0 Å². The minimum atomic E-state index is -0.101. The molecule has 0 spiro atoms. The molecule has 0 radical (unpaired) electrons. The van der Waals surface area contributed by atoms with Crippen LogP contribution in [-0.2, 0) is 0 Å². The number of hydrogen-bond donors (Lipinski definition) is 1. The molecular weight excluding hydrogens is 248 g/mol. The summed E-state index contributed by atoms with van der Waals surface area (Å²) in [4.78, 5) is 15.9. The third kappa shape index (κ3) is 2.24.